The molecule has 0 aromatic heterocycles. The topological polar surface area (TPSA) is 76.6 Å². The zero-order valence-corrected chi connectivity index (χ0v) is 25.9. The molecule has 3 heterocycles. The molecule has 2 saturated heterocycles. The molecular formula is C31H31Cl2FN4O4S. The maximum atomic E-state index is 15.5. The van der Waals surface area contributed by atoms with E-state index in [-0.39, 0.29) is 17.0 Å². The third kappa shape index (κ3) is 6.04. The molecule has 3 aliphatic rings. The van der Waals surface area contributed by atoms with Crippen molar-refractivity contribution in [1.29, 1.82) is 0 Å². The largest absolute Gasteiger partial charge is 0.478 e. The Labute approximate surface area is 263 Å². The molecule has 0 bridgehead atoms. The van der Waals surface area contributed by atoms with E-state index < -0.39 is 11.8 Å². The number of fused-ring (bicyclic) bond motifs is 1. The van der Waals surface area contributed by atoms with Crippen molar-refractivity contribution in [3.05, 3.63) is 75.0 Å². The minimum absolute atomic E-state index is 0.0789. The van der Waals surface area contributed by atoms with Gasteiger partial charge >= 0.3 is 5.97 Å². The van der Waals surface area contributed by atoms with Crippen LogP contribution >= 0.6 is 35.0 Å². The minimum Gasteiger partial charge on any atom is -0.478 e. The molecule has 1 N–H and O–H groups in total. The molecule has 226 valence electrons. The second kappa shape index (κ2) is 12.5. The fourth-order valence-electron chi connectivity index (χ4n) is 5.79. The van der Waals surface area contributed by atoms with E-state index >= 15 is 4.39 Å². The fourth-order valence-corrected chi connectivity index (χ4v) is 7.57. The lowest BCUT2D eigenvalue weighted by Gasteiger charge is -2.34. The maximum Gasteiger partial charge on any atom is 0.337 e. The van der Waals surface area contributed by atoms with Crippen molar-refractivity contribution in [2.45, 2.75) is 11.4 Å². The van der Waals surface area contributed by atoms with Crippen LogP contribution in [0.2, 0.25) is 10.0 Å². The number of rotatable bonds is 5. The molecule has 1 amide bonds. The number of halogens is 3. The Hall–Kier alpha value is -3.02. The number of carbonyl (C=O) groups is 2. The van der Waals surface area contributed by atoms with E-state index in [2.05, 4.69) is 16.8 Å². The Balaban J connectivity index is 1.27. The molecule has 8 nitrogen and oxygen atoms in total. The predicted octanol–water partition coefficient (Wildman–Crippen LogP) is 5.79. The average molecular weight is 646 g/mol. The summed E-state index contributed by atoms with van der Waals surface area (Å²) in [7, 11) is 2.09. The number of carbonyl (C=O) groups excluding carboxylic acids is 1. The molecule has 0 saturated carbocycles. The van der Waals surface area contributed by atoms with Gasteiger partial charge in [0.25, 0.3) is 5.91 Å². The molecular weight excluding hydrogens is 614 g/mol. The van der Waals surface area contributed by atoms with Crippen LogP contribution in [0.5, 0.6) is 0 Å². The average Bonchev–Trinajstić information content (AvgIpc) is 3.00. The molecule has 2 fully saturated rings. The van der Waals surface area contributed by atoms with Crippen LogP contribution in [0.3, 0.4) is 0 Å². The Kier molecular flexibility index (Phi) is 8.75. The second-order valence-corrected chi connectivity index (χ2v) is 12.7. The smallest absolute Gasteiger partial charge is 0.337 e. The number of likely N-dealkylation sites (N-methyl/N-ethyl adjacent to an activating group) is 1. The Morgan fingerprint density at radius 1 is 0.930 bits per heavy atom. The van der Waals surface area contributed by atoms with Gasteiger partial charge in [-0.05, 0) is 42.4 Å². The van der Waals surface area contributed by atoms with Crippen LogP contribution in [0.15, 0.2) is 47.4 Å². The number of thioether (sulfide) groups is 1. The zero-order valence-electron chi connectivity index (χ0n) is 23.6. The van der Waals surface area contributed by atoms with Crippen molar-refractivity contribution < 1.29 is 23.8 Å². The normalized spacial score (nSPS) is 17.6. The summed E-state index contributed by atoms with van der Waals surface area (Å²) < 4.78 is 20.9. The molecule has 0 aliphatic carbocycles. The zero-order chi connectivity index (χ0) is 30.2. The Morgan fingerprint density at radius 2 is 1.63 bits per heavy atom. The molecule has 12 heteroatoms. The molecule has 43 heavy (non-hydrogen) atoms. The lowest BCUT2D eigenvalue weighted by atomic mass is 9.98. The van der Waals surface area contributed by atoms with E-state index in [1.165, 1.54) is 11.8 Å². The summed E-state index contributed by atoms with van der Waals surface area (Å²) >= 11 is 14.8. The van der Waals surface area contributed by atoms with Gasteiger partial charge in [0.1, 0.15) is 5.82 Å². The molecule has 3 aliphatic heterocycles. The van der Waals surface area contributed by atoms with Crippen LogP contribution in [-0.2, 0) is 11.3 Å². The number of hydrogen-bond acceptors (Lipinski definition) is 7. The number of anilines is 2. The lowest BCUT2D eigenvalue weighted by Crippen LogP contribution is -2.44. The summed E-state index contributed by atoms with van der Waals surface area (Å²) in [6, 6.07) is 11.9. The molecule has 0 unspecified atom stereocenters. The van der Waals surface area contributed by atoms with E-state index in [0.717, 1.165) is 48.4 Å². The lowest BCUT2D eigenvalue weighted by molar-refractivity contribution is 0.0695. The maximum absolute atomic E-state index is 15.5. The van der Waals surface area contributed by atoms with Crippen molar-refractivity contribution in [2.75, 3.05) is 75.2 Å². The number of hydrogen-bond donors (Lipinski definition) is 1. The molecule has 0 radical (unpaired) electrons. The summed E-state index contributed by atoms with van der Waals surface area (Å²) in [6.07, 6.45) is 0. The van der Waals surface area contributed by atoms with Crippen LogP contribution in [-0.4, -0.2) is 92.2 Å². The SMILES string of the molecule is CN1CCN(c2cc(Cl)c(C(=O)N3CSc4c(cccc4-c4cc(N5CCOCC5)c(C(=O)O)cc4F)C3)c(Cl)c2)CC1. The number of morpholine rings is 1. The van der Waals surface area contributed by atoms with Gasteiger partial charge in [-0.15, -0.1) is 11.8 Å². The van der Waals surface area contributed by atoms with E-state index in [1.807, 2.05) is 35.2 Å². The van der Waals surface area contributed by atoms with Crippen LogP contribution < -0.4 is 9.80 Å². The molecule has 0 spiro atoms. The molecule has 6 rings (SSSR count). The minimum atomic E-state index is -1.18. The third-order valence-corrected chi connectivity index (χ3v) is 9.98. The van der Waals surface area contributed by atoms with Gasteiger partial charge in [-0.1, -0.05) is 41.4 Å². The van der Waals surface area contributed by atoms with E-state index in [0.29, 0.717) is 65.6 Å². The summed E-state index contributed by atoms with van der Waals surface area (Å²) in [5.41, 5.74) is 3.39. The van der Waals surface area contributed by atoms with Crippen molar-refractivity contribution in [2.24, 2.45) is 0 Å². The highest BCUT2D eigenvalue weighted by Gasteiger charge is 2.30. The van der Waals surface area contributed by atoms with Gasteiger partial charge in [0.2, 0.25) is 0 Å². The first kappa shape index (κ1) is 30.0. The quantitative estimate of drug-likeness (QED) is 0.374. The predicted molar refractivity (Wildman–Crippen MR) is 169 cm³/mol. The summed E-state index contributed by atoms with van der Waals surface area (Å²) in [4.78, 5) is 34.6. The molecule has 3 aromatic carbocycles. The highest BCUT2D eigenvalue weighted by Crippen LogP contribution is 2.42. The molecule has 0 atom stereocenters. The number of piperazine rings is 1. The summed E-state index contributed by atoms with van der Waals surface area (Å²) in [5.74, 6) is -1.74. The number of carboxylic acid groups (broad SMARTS) is 1. The number of aromatic carboxylic acids is 1. The van der Waals surface area contributed by atoms with Gasteiger partial charge in [-0.25, -0.2) is 9.18 Å². The van der Waals surface area contributed by atoms with E-state index in [4.69, 9.17) is 27.9 Å². The first-order valence-electron chi connectivity index (χ1n) is 14.1. The van der Waals surface area contributed by atoms with Crippen molar-refractivity contribution in [1.82, 2.24) is 9.80 Å². The van der Waals surface area contributed by atoms with Gasteiger partial charge in [-0.3, -0.25) is 4.79 Å². The number of ether oxygens (including phenoxy) is 1. The van der Waals surface area contributed by atoms with Crippen molar-refractivity contribution in [3.8, 4) is 11.1 Å². The van der Waals surface area contributed by atoms with Gasteiger partial charge < -0.3 is 29.4 Å². The fraction of sp³-hybridized carbons (Fsp3) is 0.355. The number of nitrogens with zero attached hydrogens (tertiary/aromatic N) is 4. The van der Waals surface area contributed by atoms with Crippen LogP contribution in [0.25, 0.3) is 11.1 Å². The summed E-state index contributed by atoms with van der Waals surface area (Å²) in [5, 5.41) is 10.4. The van der Waals surface area contributed by atoms with Crippen molar-refractivity contribution >= 4 is 58.2 Å². The standard InChI is InChI=1S/C31H31Cl2FN4O4S/c1-35-5-7-36(8-6-35)20-13-24(32)28(25(33)14-20)30(39)38-17-19-3-2-4-21(29(19)43-18-38)22-16-27(37-9-11-42-12-10-37)23(31(40)41)15-26(22)34/h2-4,13-16H,5-12,17-18H2,1H3,(H,40,41). The third-order valence-electron chi connectivity index (χ3n) is 8.18. The first-order valence-corrected chi connectivity index (χ1v) is 15.8. The second-order valence-electron chi connectivity index (χ2n) is 10.9. The van der Waals surface area contributed by atoms with Gasteiger partial charge in [-0.2, -0.15) is 0 Å². The van der Waals surface area contributed by atoms with Crippen molar-refractivity contribution in [3.63, 3.8) is 0 Å². The van der Waals surface area contributed by atoms with Gasteiger partial charge in [0, 0.05) is 62.0 Å². The van der Waals surface area contributed by atoms with E-state index in [1.54, 1.807) is 11.0 Å². The van der Waals surface area contributed by atoms with Gasteiger partial charge in [0.05, 0.1) is 46.0 Å². The van der Waals surface area contributed by atoms with Crippen LogP contribution in [0, 0.1) is 5.82 Å². The van der Waals surface area contributed by atoms with Gasteiger partial charge in [0.15, 0.2) is 0 Å². The van der Waals surface area contributed by atoms with Crippen LogP contribution in [0.4, 0.5) is 15.8 Å². The Morgan fingerprint density at radius 3 is 2.30 bits per heavy atom. The van der Waals surface area contributed by atoms with Crippen LogP contribution in [0.1, 0.15) is 26.3 Å². The Bertz CT molecular complexity index is 1550. The first-order chi connectivity index (χ1) is 20.7. The summed E-state index contributed by atoms with van der Waals surface area (Å²) in [6.45, 7) is 5.86. The highest BCUT2D eigenvalue weighted by atomic mass is 35.5. The van der Waals surface area contributed by atoms with E-state index in [9.17, 15) is 14.7 Å². The monoisotopic (exact) mass is 644 g/mol. The number of benzene rings is 3. The number of amides is 1. The molecule has 3 aromatic rings. The number of carboxylic acids is 1. The highest BCUT2D eigenvalue weighted by molar-refractivity contribution is 7.99.